The van der Waals surface area contributed by atoms with Crippen molar-refractivity contribution >= 4 is 5.97 Å². The molecule has 0 spiro atoms. The average Bonchev–Trinajstić information content (AvgIpc) is 3.08. The fourth-order valence-corrected chi connectivity index (χ4v) is 3.02. The number of allylic oxidation sites excluding steroid dienone is 1. The molecule has 0 bridgehead atoms. The molecular weight excluding hydrogens is 390 g/mol. The van der Waals surface area contributed by atoms with Crippen LogP contribution in [0.2, 0.25) is 0 Å². The Morgan fingerprint density at radius 1 is 1.10 bits per heavy atom. The summed E-state index contributed by atoms with van der Waals surface area (Å²) in [6, 6.07) is 17.7. The highest BCUT2D eigenvalue weighted by Gasteiger charge is 2.14. The van der Waals surface area contributed by atoms with Crippen LogP contribution in [-0.2, 0) is 22.4 Å². The lowest BCUT2D eigenvalue weighted by Crippen LogP contribution is -2.22. The molecule has 0 saturated heterocycles. The number of oxazole rings is 1. The van der Waals surface area contributed by atoms with Gasteiger partial charge in [0.2, 0.25) is 5.89 Å². The van der Waals surface area contributed by atoms with E-state index < -0.39 is 5.60 Å². The molecule has 3 aromatic rings. The molecule has 0 saturated carbocycles. The third-order valence-corrected chi connectivity index (χ3v) is 4.43. The van der Waals surface area contributed by atoms with Gasteiger partial charge in [0.25, 0.3) is 0 Å². The summed E-state index contributed by atoms with van der Waals surface area (Å²) in [5.74, 6) is 1.89. The molecule has 0 amide bonds. The van der Waals surface area contributed by atoms with Gasteiger partial charge in [-0.15, -0.1) is 0 Å². The molecule has 3 rings (SSSR count). The first-order valence-electron chi connectivity index (χ1n) is 10.4. The second kappa shape index (κ2) is 10.1. The number of aryl methyl sites for hydroxylation is 1. The van der Waals surface area contributed by atoms with Crippen molar-refractivity contribution in [2.45, 2.75) is 46.1 Å². The first kappa shape index (κ1) is 22.3. The van der Waals surface area contributed by atoms with Crippen LogP contribution in [-0.4, -0.2) is 23.2 Å². The summed E-state index contributed by atoms with van der Waals surface area (Å²) in [5, 5.41) is 0. The number of nitrogens with zero attached hydrogens (tertiary/aromatic N) is 1. The number of hydrogen-bond acceptors (Lipinski definition) is 5. The molecule has 0 fully saturated rings. The van der Waals surface area contributed by atoms with Gasteiger partial charge in [-0.05, 0) is 63.9 Å². The maximum absolute atomic E-state index is 11.8. The van der Waals surface area contributed by atoms with Crippen LogP contribution in [0.1, 0.15) is 37.8 Å². The van der Waals surface area contributed by atoms with Crippen molar-refractivity contribution in [3.05, 3.63) is 83.8 Å². The third kappa shape index (κ3) is 7.14. The number of carbonyl (C=O) groups excluding carboxylic acids is 1. The minimum atomic E-state index is -0.487. The molecule has 5 nitrogen and oxygen atoms in total. The number of carbonyl (C=O) groups is 1. The van der Waals surface area contributed by atoms with E-state index in [1.54, 1.807) is 6.08 Å². The van der Waals surface area contributed by atoms with Gasteiger partial charge >= 0.3 is 5.97 Å². The number of ether oxygens (including phenoxy) is 2. The summed E-state index contributed by atoms with van der Waals surface area (Å²) in [6.07, 6.45) is 4.55. The molecule has 0 radical (unpaired) electrons. The van der Waals surface area contributed by atoms with Gasteiger partial charge in [0.15, 0.2) is 0 Å². The highest BCUT2D eigenvalue weighted by Crippen LogP contribution is 2.22. The van der Waals surface area contributed by atoms with Crippen molar-refractivity contribution in [2.24, 2.45) is 0 Å². The quantitative estimate of drug-likeness (QED) is 0.346. The minimum Gasteiger partial charge on any atom is -0.493 e. The molecule has 0 atom stereocenters. The van der Waals surface area contributed by atoms with E-state index in [0.717, 1.165) is 28.3 Å². The lowest BCUT2D eigenvalue weighted by Gasteiger charge is -2.17. The van der Waals surface area contributed by atoms with Gasteiger partial charge in [-0.1, -0.05) is 36.4 Å². The van der Waals surface area contributed by atoms with E-state index in [1.165, 1.54) is 6.08 Å². The standard InChI is InChI=1S/C26H29NO4/c1-19-23(27-25(30-19)21-12-6-5-7-13-21)16-17-29-22-14-8-10-20(18-22)11-9-15-24(28)31-26(2,3)4/h5-10,12-15,18H,11,16-17H2,1-4H3. The Kier molecular flexibility index (Phi) is 7.29. The van der Waals surface area contributed by atoms with Crippen molar-refractivity contribution < 1.29 is 18.7 Å². The van der Waals surface area contributed by atoms with Crippen LogP contribution in [0.3, 0.4) is 0 Å². The van der Waals surface area contributed by atoms with Crippen LogP contribution in [0.25, 0.3) is 11.5 Å². The Balaban J connectivity index is 1.52. The van der Waals surface area contributed by atoms with Gasteiger partial charge in [-0.2, -0.15) is 0 Å². The number of hydrogen-bond donors (Lipinski definition) is 0. The highest BCUT2D eigenvalue weighted by atomic mass is 16.6. The normalized spacial score (nSPS) is 11.6. The monoisotopic (exact) mass is 419 g/mol. The van der Waals surface area contributed by atoms with E-state index >= 15 is 0 Å². The van der Waals surface area contributed by atoms with Crippen molar-refractivity contribution in [3.63, 3.8) is 0 Å². The molecule has 2 aromatic carbocycles. The first-order valence-corrected chi connectivity index (χ1v) is 10.4. The fourth-order valence-electron chi connectivity index (χ4n) is 3.02. The van der Waals surface area contributed by atoms with Crippen LogP contribution >= 0.6 is 0 Å². The lowest BCUT2D eigenvalue weighted by atomic mass is 10.1. The van der Waals surface area contributed by atoms with Gasteiger partial charge in [0, 0.05) is 18.1 Å². The third-order valence-electron chi connectivity index (χ3n) is 4.43. The van der Waals surface area contributed by atoms with Crippen LogP contribution in [0.5, 0.6) is 5.75 Å². The SMILES string of the molecule is Cc1oc(-c2ccccc2)nc1CCOc1cccc(CC=CC(=O)OC(C)(C)C)c1. The maximum Gasteiger partial charge on any atom is 0.330 e. The zero-order valence-electron chi connectivity index (χ0n) is 18.6. The number of rotatable bonds is 8. The predicted molar refractivity (Wildman–Crippen MR) is 121 cm³/mol. The molecule has 1 heterocycles. The Hall–Kier alpha value is -3.34. The highest BCUT2D eigenvalue weighted by molar-refractivity contribution is 5.82. The lowest BCUT2D eigenvalue weighted by molar-refractivity contribution is -0.148. The molecule has 162 valence electrons. The topological polar surface area (TPSA) is 61.6 Å². The Labute approximate surface area is 183 Å². The van der Waals surface area contributed by atoms with Crippen LogP contribution in [0, 0.1) is 6.92 Å². The second-order valence-electron chi connectivity index (χ2n) is 8.27. The molecule has 0 N–H and O–H groups in total. The summed E-state index contributed by atoms with van der Waals surface area (Å²) in [5.41, 5.74) is 2.43. The zero-order valence-corrected chi connectivity index (χ0v) is 18.6. The van der Waals surface area contributed by atoms with Gasteiger partial charge < -0.3 is 13.9 Å². The number of aromatic nitrogens is 1. The van der Waals surface area contributed by atoms with Gasteiger partial charge in [0.05, 0.1) is 12.3 Å². The Bertz CT molecular complexity index is 1030. The fraction of sp³-hybridized carbons (Fsp3) is 0.308. The molecule has 5 heteroatoms. The van der Waals surface area contributed by atoms with E-state index in [0.29, 0.717) is 25.3 Å². The Morgan fingerprint density at radius 3 is 2.61 bits per heavy atom. The molecule has 0 aliphatic heterocycles. The maximum atomic E-state index is 11.8. The number of benzene rings is 2. The molecule has 0 aliphatic rings. The summed E-state index contributed by atoms with van der Waals surface area (Å²) in [7, 11) is 0. The predicted octanol–water partition coefficient (Wildman–Crippen LogP) is 5.71. The van der Waals surface area contributed by atoms with Crippen LogP contribution in [0.15, 0.2) is 71.2 Å². The summed E-state index contributed by atoms with van der Waals surface area (Å²) < 4.78 is 17.0. The molecular formula is C26H29NO4. The summed E-state index contributed by atoms with van der Waals surface area (Å²) in [4.78, 5) is 16.4. The van der Waals surface area contributed by atoms with E-state index in [9.17, 15) is 4.79 Å². The zero-order chi connectivity index (χ0) is 22.3. The van der Waals surface area contributed by atoms with Crippen molar-refractivity contribution in [3.8, 4) is 17.2 Å². The Morgan fingerprint density at radius 2 is 1.87 bits per heavy atom. The summed E-state index contributed by atoms with van der Waals surface area (Å²) >= 11 is 0. The van der Waals surface area contributed by atoms with Gasteiger partial charge in [-0.3, -0.25) is 0 Å². The molecule has 0 aliphatic carbocycles. The molecule has 1 aromatic heterocycles. The average molecular weight is 420 g/mol. The summed E-state index contributed by atoms with van der Waals surface area (Å²) in [6.45, 7) is 7.97. The van der Waals surface area contributed by atoms with Gasteiger partial charge in [0.1, 0.15) is 17.1 Å². The van der Waals surface area contributed by atoms with E-state index in [4.69, 9.17) is 13.9 Å². The molecule has 0 unspecified atom stereocenters. The molecule has 31 heavy (non-hydrogen) atoms. The van der Waals surface area contributed by atoms with Crippen molar-refractivity contribution in [1.82, 2.24) is 4.98 Å². The van der Waals surface area contributed by atoms with E-state index in [-0.39, 0.29) is 5.97 Å². The van der Waals surface area contributed by atoms with Crippen molar-refractivity contribution in [2.75, 3.05) is 6.61 Å². The van der Waals surface area contributed by atoms with Crippen LogP contribution in [0.4, 0.5) is 0 Å². The smallest absolute Gasteiger partial charge is 0.330 e. The second-order valence-corrected chi connectivity index (χ2v) is 8.27. The van der Waals surface area contributed by atoms with Crippen molar-refractivity contribution in [1.29, 1.82) is 0 Å². The minimum absolute atomic E-state index is 0.335. The first-order chi connectivity index (χ1) is 14.8. The van der Waals surface area contributed by atoms with E-state index in [2.05, 4.69) is 4.98 Å². The van der Waals surface area contributed by atoms with Gasteiger partial charge in [-0.25, -0.2) is 9.78 Å². The largest absolute Gasteiger partial charge is 0.493 e. The van der Waals surface area contributed by atoms with Crippen LogP contribution < -0.4 is 4.74 Å². The number of esters is 1. The van der Waals surface area contributed by atoms with E-state index in [1.807, 2.05) is 82.3 Å².